The maximum absolute atomic E-state index is 10.9. The number of rotatable bonds is 1. The molecule has 3 heteroatoms. The summed E-state index contributed by atoms with van der Waals surface area (Å²) < 4.78 is 11.0. The third-order valence-corrected chi connectivity index (χ3v) is 3.28. The van der Waals surface area contributed by atoms with E-state index >= 15 is 0 Å². The first kappa shape index (κ1) is 11.5. The summed E-state index contributed by atoms with van der Waals surface area (Å²) in [6, 6.07) is 0. The molecule has 0 aromatic rings. The topological polar surface area (TPSA) is 35.5 Å². The van der Waals surface area contributed by atoms with E-state index in [4.69, 9.17) is 9.47 Å². The SMILES string of the molecule is CC(=O)O[C@@H]1[C@@H](C)[C@@H](C)C(C)O[C@H]1C. The van der Waals surface area contributed by atoms with Gasteiger partial charge < -0.3 is 9.47 Å². The van der Waals surface area contributed by atoms with Gasteiger partial charge >= 0.3 is 5.97 Å². The molecular weight excluding hydrogens is 180 g/mol. The first-order chi connectivity index (χ1) is 6.43. The molecule has 0 N–H and O–H groups in total. The Morgan fingerprint density at radius 3 is 2.14 bits per heavy atom. The summed E-state index contributed by atoms with van der Waals surface area (Å²) in [5, 5.41) is 0. The first-order valence-electron chi connectivity index (χ1n) is 5.26. The van der Waals surface area contributed by atoms with Crippen LogP contribution >= 0.6 is 0 Å². The molecule has 1 saturated heterocycles. The minimum atomic E-state index is -0.223. The Bertz CT molecular complexity index is 215. The van der Waals surface area contributed by atoms with Gasteiger partial charge in [-0.05, 0) is 19.8 Å². The largest absolute Gasteiger partial charge is 0.460 e. The number of hydrogen-bond donors (Lipinski definition) is 0. The lowest BCUT2D eigenvalue weighted by Crippen LogP contribution is -2.48. The molecule has 0 bridgehead atoms. The molecule has 1 rings (SSSR count). The summed E-state index contributed by atoms with van der Waals surface area (Å²) in [5.41, 5.74) is 0. The molecule has 1 heterocycles. The van der Waals surface area contributed by atoms with Crippen molar-refractivity contribution in [2.24, 2.45) is 11.8 Å². The van der Waals surface area contributed by atoms with Crippen molar-refractivity contribution in [3.05, 3.63) is 0 Å². The van der Waals surface area contributed by atoms with Crippen LogP contribution in [0.4, 0.5) is 0 Å². The van der Waals surface area contributed by atoms with Crippen LogP contribution in [0.2, 0.25) is 0 Å². The second-order valence-corrected chi connectivity index (χ2v) is 4.34. The van der Waals surface area contributed by atoms with Crippen molar-refractivity contribution in [2.45, 2.75) is 52.9 Å². The van der Waals surface area contributed by atoms with Crippen LogP contribution < -0.4 is 0 Å². The fourth-order valence-corrected chi connectivity index (χ4v) is 2.09. The molecule has 0 aromatic heterocycles. The van der Waals surface area contributed by atoms with Gasteiger partial charge in [0.25, 0.3) is 0 Å². The number of carbonyl (C=O) groups excluding carboxylic acids is 1. The zero-order chi connectivity index (χ0) is 10.9. The van der Waals surface area contributed by atoms with Crippen LogP contribution in [-0.4, -0.2) is 24.3 Å². The zero-order valence-corrected chi connectivity index (χ0v) is 9.61. The lowest BCUT2D eigenvalue weighted by molar-refractivity contribution is -0.187. The summed E-state index contributed by atoms with van der Waals surface area (Å²) in [6.45, 7) is 9.74. The summed E-state index contributed by atoms with van der Waals surface area (Å²) in [5.74, 6) is 0.562. The van der Waals surface area contributed by atoms with Crippen LogP contribution in [0, 0.1) is 11.8 Å². The van der Waals surface area contributed by atoms with Crippen molar-refractivity contribution >= 4 is 5.97 Å². The summed E-state index contributed by atoms with van der Waals surface area (Å²) in [7, 11) is 0. The van der Waals surface area contributed by atoms with E-state index in [1.165, 1.54) is 6.92 Å². The van der Waals surface area contributed by atoms with E-state index in [1.54, 1.807) is 0 Å². The molecule has 1 aliphatic heterocycles. The average molecular weight is 200 g/mol. The minimum Gasteiger partial charge on any atom is -0.460 e. The Balaban J connectivity index is 2.68. The highest BCUT2D eigenvalue weighted by atomic mass is 16.6. The molecule has 0 radical (unpaired) electrons. The van der Waals surface area contributed by atoms with Crippen molar-refractivity contribution in [1.29, 1.82) is 0 Å². The summed E-state index contributed by atoms with van der Waals surface area (Å²) in [4.78, 5) is 10.9. The molecule has 0 aromatic carbocycles. The fraction of sp³-hybridized carbons (Fsp3) is 0.909. The number of ether oxygens (including phenoxy) is 2. The fourth-order valence-electron chi connectivity index (χ4n) is 2.09. The van der Waals surface area contributed by atoms with E-state index in [-0.39, 0.29) is 24.3 Å². The second-order valence-electron chi connectivity index (χ2n) is 4.34. The van der Waals surface area contributed by atoms with Gasteiger partial charge in [0.2, 0.25) is 0 Å². The maximum atomic E-state index is 10.9. The maximum Gasteiger partial charge on any atom is 0.303 e. The second kappa shape index (κ2) is 4.30. The van der Waals surface area contributed by atoms with Crippen LogP contribution in [0.25, 0.3) is 0 Å². The molecule has 82 valence electrons. The van der Waals surface area contributed by atoms with Crippen LogP contribution in [0.5, 0.6) is 0 Å². The van der Waals surface area contributed by atoms with Gasteiger partial charge in [-0.1, -0.05) is 13.8 Å². The Kier molecular flexibility index (Phi) is 3.53. The lowest BCUT2D eigenvalue weighted by Gasteiger charge is -2.41. The van der Waals surface area contributed by atoms with E-state index in [9.17, 15) is 4.79 Å². The predicted octanol–water partition coefficient (Wildman–Crippen LogP) is 2.00. The van der Waals surface area contributed by atoms with Crippen molar-refractivity contribution in [1.82, 2.24) is 0 Å². The van der Waals surface area contributed by atoms with Crippen LogP contribution in [0.1, 0.15) is 34.6 Å². The quantitative estimate of drug-likeness (QED) is 0.607. The molecule has 1 unspecified atom stereocenters. The van der Waals surface area contributed by atoms with Gasteiger partial charge in [0.05, 0.1) is 12.2 Å². The zero-order valence-electron chi connectivity index (χ0n) is 9.61. The van der Waals surface area contributed by atoms with Crippen LogP contribution in [0.3, 0.4) is 0 Å². The van der Waals surface area contributed by atoms with Crippen molar-refractivity contribution in [3.8, 4) is 0 Å². The Morgan fingerprint density at radius 1 is 1.07 bits per heavy atom. The Labute approximate surface area is 85.8 Å². The lowest BCUT2D eigenvalue weighted by atomic mass is 9.82. The van der Waals surface area contributed by atoms with Gasteiger partial charge in [-0.3, -0.25) is 4.79 Å². The van der Waals surface area contributed by atoms with Gasteiger partial charge in [-0.15, -0.1) is 0 Å². The molecule has 0 amide bonds. The van der Waals surface area contributed by atoms with Crippen molar-refractivity contribution in [2.75, 3.05) is 0 Å². The van der Waals surface area contributed by atoms with Crippen molar-refractivity contribution in [3.63, 3.8) is 0 Å². The van der Waals surface area contributed by atoms with E-state index in [0.717, 1.165) is 0 Å². The van der Waals surface area contributed by atoms with E-state index < -0.39 is 0 Å². The third kappa shape index (κ3) is 2.27. The van der Waals surface area contributed by atoms with Crippen LogP contribution in [0.15, 0.2) is 0 Å². The molecule has 1 fully saturated rings. The summed E-state index contributed by atoms with van der Waals surface area (Å²) >= 11 is 0. The molecule has 3 nitrogen and oxygen atoms in total. The number of esters is 1. The standard InChI is InChI=1S/C11H20O3/c1-6-7(2)11(14-10(5)12)9(4)13-8(6)3/h6-9,11H,1-5H3/t6-,7+,8?,9+,11-/m1/s1. The highest BCUT2D eigenvalue weighted by molar-refractivity contribution is 5.66. The normalized spacial score (nSPS) is 43.4. The molecule has 1 aliphatic rings. The summed E-state index contributed by atoms with van der Waals surface area (Å²) in [6.07, 6.45) is 0.144. The Morgan fingerprint density at radius 2 is 1.64 bits per heavy atom. The van der Waals surface area contributed by atoms with Crippen LogP contribution in [-0.2, 0) is 14.3 Å². The minimum absolute atomic E-state index is 0.0000926. The highest BCUT2D eigenvalue weighted by Crippen LogP contribution is 2.32. The number of hydrogen-bond acceptors (Lipinski definition) is 3. The van der Waals surface area contributed by atoms with Gasteiger partial charge in [0, 0.05) is 12.8 Å². The average Bonchev–Trinajstić information content (AvgIpc) is 2.09. The van der Waals surface area contributed by atoms with Crippen molar-refractivity contribution < 1.29 is 14.3 Å². The molecule has 5 atom stereocenters. The van der Waals surface area contributed by atoms with Gasteiger partial charge in [-0.25, -0.2) is 0 Å². The van der Waals surface area contributed by atoms with Gasteiger partial charge in [0.15, 0.2) is 0 Å². The smallest absolute Gasteiger partial charge is 0.303 e. The molecule has 0 saturated carbocycles. The van der Waals surface area contributed by atoms with Gasteiger partial charge in [-0.2, -0.15) is 0 Å². The van der Waals surface area contributed by atoms with E-state index in [2.05, 4.69) is 20.8 Å². The Hall–Kier alpha value is -0.570. The monoisotopic (exact) mass is 200 g/mol. The molecule has 14 heavy (non-hydrogen) atoms. The molecule has 0 aliphatic carbocycles. The third-order valence-electron chi connectivity index (χ3n) is 3.28. The predicted molar refractivity (Wildman–Crippen MR) is 53.9 cm³/mol. The molecule has 0 spiro atoms. The van der Waals surface area contributed by atoms with E-state index in [0.29, 0.717) is 11.8 Å². The molecular formula is C11H20O3. The number of carbonyl (C=O) groups is 1. The highest BCUT2D eigenvalue weighted by Gasteiger charge is 2.39. The first-order valence-corrected chi connectivity index (χ1v) is 5.26. The van der Waals surface area contributed by atoms with Gasteiger partial charge in [0.1, 0.15) is 6.10 Å². The van der Waals surface area contributed by atoms with E-state index in [1.807, 2.05) is 6.92 Å².